The molecule has 1 unspecified atom stereocenters. The summed E-state index contributed by atoms with van der Waals surface area (Å²) in [6, 6.07) is 7.64. The van der Waals surface area contributed by atoms with Crippen molar-refractivity contribution < 1.29 is 14.3 Å². The highest BCUT2D eigenvalue weighted by Gasteiger charge is 2.31. The molecule has 1 fully saturated rings. The molecule has 2 aliphatic rings. The molecule has 1 aromatic rings. The normalized spacial score (nSPS) is 21.1. The molecule has 2 aliphatic heterocycles. The predicted octanol–water partition coefficient (Wildman–Crippen LogP) is 0.894. The van der Waals surface area contributed by atoms with E-state index in [2.05, 4.69) is 5.32 Å². The van der Waals surface area contributed by atoms with Crippen LogP contribution in [-0.4, -0.2) is 49.7 Å². The van der Waals surface area contributed by atoms with Gasteiger partial charge in [0.05, 0.1) is 12.5 Å². The van der Waals surface area contributed by atoms with E-state index in [1.807, 2.05) is 36.1 Å². The second-order valence-corrected chi connectivity index (χ2v) is 5.23. The number of carbonyl (C=O) groups excluding carboxylic acids is 1. The number of ether oxygens (including phenoxy) is 2. The molecule has 3 rings (SSSR count). The van der Waals surface area contributed by atoms with Gasteiger partial charge in [-0.05, 0) is 19.1 Å². The third kappa shape index (κ3) is 2.58. The number of amides is 1. The molecule has 0 spiro atoms. The van der Waals surface area contributed by atoms with Crippen molar-refractivity contribution in [3.8, 4) is 11.5 Å². The molecule has 1 saturated heterocycles. The van der Waals surface area contributed by atoms with Crippen LogP contribution in [0.4, 0.5) is 0 Å². The predicted molar refractivity (Wildman–Crippen MR) is 75.0 cm³/mol. The third-order valence-corrected chi connectivity index (χ3v) is 3.82. The molecule has 5 nitrogen and oxygen atoms in total. The van der Waals surface area contributed by atoms with Crippen molar-refractivity contribution in [2.75, 3.05) is 32.8 Å². The topological polar surface area (TPSA) is 50.8 Å². The molecule has 1 amide bonds. The average molecular weight is 276 g/mol. The Bertz CT molecular complexity index is 488. The molecule has 0 saturated carbocycles. The van der Waals surface area contributed by atoms with Gasteiger partial charge in [-0.1, -0.05) is 12.1 Å². The number of fused-ring (bicyclic) bond motifs is 1. The quantitative estimate of drug-likeness (QED) is 0.887. The van der Waals surface area contributed by atoms with Crippen LogP contribution in [0.5, 0.6) is 11.5 Å². The van der Waals surface area contributed by atoms with Gasteiger partial charge in [0.25, 0.3) is 0 Å². The fourth-order valence-electron chi connectivity index (χ4n) is 2.50. The standard InChI is InChI=1S/C15H20N2O3/c1-2-17(15(18)11-7-16-8-11)9-12-10-19-13-5-3-4-6-14(13)20-12/h3-6,11-12,16H,2,7-10H2,1H3. The maximum atomic E-state index is 12.3. The Hall–Kier alpha value is -1.75. The van der Waals surface area contributed by atoms with Gasteiger partial charge in [-0.2, -0.15) is 0 Å². The third-order valence-electron chi connectivity index (χ3n) is 3.82. The number of para-hydroxylation sites is 2. The SMILES string of the molecule is CCN(CC1COc2ccccc2O1)C(=O)C1CNC1. The zero-order valence-corrected chi connectivity index (χ0v) is 11.7. The number of nitrogens with zero attached hydrogens (tertiary/aromatic N) is 1. The molecule has 0 aromatic heterocycles. The second kappa shape index (κ2) is 5.71. The minimum atomic E-state index is -0.0955. The highest BCUT2D eigenvalue weighted by molar-refractivity contribution is 5.80. The lowest BCUT2D eigenvalue weighted by atomic mass is 10.0. The minimum Gasteiger partial charge on any atom is -0.486 e. The second-order valence-electron chi connectivity index (χ2n) is 5.23. The van der Waals surface area contributed by atoms with E-state index >= 15 is 0 Å². The van der Waals surface area contributed by atoms with Crippen LogP contribution in [0.15, 0.2) is 24.3 Å². The van der Waals surface area contributed by atoms with Crippen LogP contribution in [0.1, 0.15) is 6.92 Å². The van der Waals surface area contributed by atoms with Crippen LogP contribution in [-0.2, 0) is 4.79 Å². The fourth-order valence-corrected chi connectivity index (χ4v) is 2.50. The lowest BCUT2D eigenvalue weighted by Crippen LogP contribution is -2.54. The van der Waals surface area contributed by atoms with Crippen molar-refractivity contribution in [1.29, 1.82) is 0 Å². The largest absolute Gasteiger partial charge is 0.486 e. The van der Waals surface area contributed by atoms with Crippen LogP contribution in [0, 0.1) is 5.92 Å². The number of carbonyl (C=O) groups is 1. The molecule has 0 aliphatic carbocycles. The number of benzene rings is 1. The zero-order chi connectivity index (χ0) is 13.9. The first-order valence-corrected chi connectivity index (χ1v) is 7.16. The molecule has 0 bridgehead atoms. The van der Waals surface area contributed by atoms with Crippen molar-refractivity contribution in [1.82, 2.24) is 10.2 Å². The maximum Gasteiger partial charge on any atom is 0.228 e. The number of rotatable bonds is 4. The Morgan fingerprint density at radius 3 is 2.75 bits per heavy atom. The van der Waals surface area contributed by atoms with Crippen LogP contribution in [0.2, 0.25) is 0 Å². The number of hydrogen-bond donors (Lipinski definition) is 1. The van der Waals surface area contributed by atoms with E-state index in [0.29, 0.717) is 19.7 Å². The smallest absolute Gasteiger partial charge is 0.228 e. The van der Waals surface area contributed by atoms with Gasteiger partial charge in [0.15, 0.2) is 17.6 Å². The Balaban J connectivity index is 1.61. The molecule has 5 heteroatoms. The van der Waals surface area contributed by atoms with E-state index in [1.54, 1.807) is 0 Å². The van der Waals surface area contributed by atoms with Crippen molar-refractivity contribution in [3.63, 3.8) is 0 Å². The van der Waals surface area contributed by atoms with Crippen molar-refractivity contribution in [2.24, 2.45) is 5.92 Å². The van der Waals surface area contributed by atoms with Crippen molar-refractivity contribution >= 4 is 5.91 Å². The zero-order valence-electron chi connectivity index (χ0n) is 11.7. The first kappa shape index (κ1) is 13.2. The summed E-state index contributed by atoms with van der Waals surface area (Å²) in [5.41, 5.74) is 0. The summed E-state index contributed by atoms with van der Waals surface area (Å²) < 4.78 is 11.6. The molecule has 1 N–H and O–H groups in total. The molecule has 108 valence electrons. The summed E-state index contributed by atoms with van der Waals surface area (Å²) in [5.74, 6) is 1.89. The first-order valence-electron chi connectivity index (χ1n) is 7.16. The van der Waals surface area contributed by atoms with Gasteiger partial charge in [0, 0.05) is 19.6 Å². The van der Waals surface area contributed by atoms with E-state index in [-0.39, 0.29) is 17.9 Å². The van der Waals surface area contributed by atoms with Gasteiger partial charge in [-0.3, -0.25) is 4.79 Å². The molecule has 1 aromatic carbocycles. The van der Waals surface area contributed by atoms with Crippen molar-refractivity contribution in [2.45, 2.75) is 13.0 Å². The van der Waals surface area contributed by atoms with Gasteiger partial charge >= 0.3 is 0 Å². The highest BCUT2D eigenvalue weighted by Crippen LogP contribution is 2.31. The summed E-state index contributed by atoms with van der Waals surface area (Å²) in [4.78, 5) is 14.1. The average Bonchev–Trinajstić information content (AvgIpc) is 2.42. The summed E-state index contributed by atoms with van der Waals surface area (Å²) in [6.07, 6.45) is -0.0955. The van der Waals surface area contributed by atoms with Gasteiger partial charge in [0.1, 0.15) is 6.61 Å². The van der Waals surface area contributed by atoms with E-state index in [1.165, 1.54) is 0 Å². The lowest BCUT2D eigenvalue weighted by Gasteiger charge is -2.35. The lowest BCUT2D eigenvalue weighted by molar-refractivity contribution is -0.138. The number of likely N-dealkylation sites (N-methyl/N-ethyl adjacent to an activating group) is 1. The molecule has 2 heterocycles. The van der Waals surface area contributed by atoms with Gasteiger partial charge in [-0.25, -0.2) is 0 Å². The molecular formula is C15H20N2O3. The summed E-state index contributed by atoms with van der Waals surface area (Å²) in [5, 5.41) is 3.13. The van der Waals surface area contributed by atoms with E-state index < -0.39 is 0 Å². The van der Waals surface area contributed by atoms with Crippen LogP contribution >= 0.6 is 0 Å². The molecular weight excluding hydrogens is 256 g/mol. The van der Waals surface area contributed by atoms with Crippen LogP contribution < -0.4 is 14.8 Å². The Kier molecular flexibility index (Phi) is 3.78. The molecule has 20 heavy (non-hydrogen) atoms. The molecule has 1 atom stereocenters. The van der Waals surface area contributed by atoms with Gasteiger partial charge < -0.3 is 19.7 Å². The number of nitrogens with one attached hydrogen (secondary N) is 1. The van der Waals surface area contributed by atoms with Gasteiger partial charge in [-0.15, -0.1) is 0 Å². The Morgan fingerprint density at radius 1 is 1.35 bits per heavy atom. The summed E-state index contributed by atoms with van der Waals surface area (Å²) in [7, 11) is 0. The first-order chi connectivity index (χ1) is 9.78. The maximum absolute atomic E-state index is 12.3. The van der Waals surface area contributed by atoms with E-state index in [4.69, 9.17) is 9.47 Å². The van der Waals surface area contributed by atoms with Crippen molar-refractivity contribution in [3.05, 3.63) is 24.3 Å². The van der Waals surface area contributed by atoms with Crippen LogP contribution in [0.3, 0.4) is 0 Å². The highest BCUT2D eigenvalue weighted by atomic mass is 16.6. The van der Waals surface area contributed by atoms with E-state index in [9.17, 15) is 4.79 Å². The Morgan fingerprint density at radius 2 is 2.10 bits per heavy atom. The van der Waals surface area contributed by atoms with Gasteiger partial charge in [0.2, 0.25) is 5.91 Å². The Labute approximate surface area is 118 Å². The number of hydrogen-bond acceptors (Lipinski definition) is 4. The van der Waals surface area contributed by atoms with Crippen LogP contribution in [0.25, 0.3) is 0 Å². The molecule has 0 radical (unpaired) electrons. The summed E-state index contributed by atoms with van der Waals surface area (Å²) in [6.45, 7) is 5.36. The summed E-state index contributed by atoms with van der Waals surface area (Å²) >= 11 is 0. The minimum absolute atomic E-state index is 0.0955. The fraction of sp³-hybridized carbons (Fsp3) is 0.533. The van der Waals surface area contributed by atoms with E-state index in [0.717, 1.165) is 24.6 Å². The monoisotopic (exact) mass is 276 g/mol.